The Labute approximate surface area is 152 Å². The number of amides is 2. The van der Waals surface area contributed by atoms with Crippen molar-refractivity contribution in [3.05, 3.63) is 34.3 Å². The van der Waals surface area contributed by atoms with Crippen LogP contribution >= 0.6 is 15.9 Å². The van der Waals surface area contributed by atoms with Crippen LogP contribution in [0.15, 0.2) is 28.7 Å². The van der Waals surface area contributed by atoms with Gasteiger partial charge in [0.25, 0.3) is 5.91 Å². The quantitative estimate of drug-likeness (QED) is 0.832. The van der Waals surface area contributed by atoms with E-state index in [1.807, 2.05) is 23.1 Å². The summed E-state index contributed by atoms with van der Waals surface area (Å²) in [6.45, 7) is 7.31. The first kappa shape index (κ1) is 18.9. The maximum atomic E-state index is 12.9. The lowest BCUT2D eigenvalue weighted by Gasteiger charge is -2.35. The van der Waals surface area contributed by atoms with E-state index in [0.29, 0.717) is 17.9 Å². The van der Waals surface area contributed by atoms with Gasteiger partial charge in [-0.2, -0.15) is 0 Å². The van der Waals surface area contributed by atoms with Gasteiger partial charge in [0.05, 0.1) is 5.56 Å². The van der Waals surface area contributed by atoms with E-state index in [2.05, 4.69) is 47.0 Å². The van der Waals surface area contributed by atoms with Gasteiger partial charge < -0.3 is 15.1 Å². The third-order valence-corrected chi connectivity index (χ3v) is 4.94. The fraction of sp³-hybridized carbons (Fsp3) is 0.556. The number of hydrogen-bond donors (Lipinski definition) is 1. The molecule has 1 aromatic carbocycles. The first-order valence-electron chi connectivity index (χ1n) is 8.41. The Hall–Kier alpha value is -1.40. The van der Waals surface area contributed by atoms with Crippen molar-refractivity contribution in [2.24, 2.45) is 5.92 Å². The molecule has 2 amide bonds. The number of carbonyl (C=O) groups excluding carboxylic acids is 2. The molecule has 0 aliphatic carbocycles. The molecular weight excluding hydrogens is 370 g/mol. The molecule has 0 unspecified atom stereocenters. The number of hydrogen-bond acceptors (Lipinski definition) is 3. The molecule has 1 saturated heterocycles. The summed E-state index contributed by atoms with van der Waals surface area (Å²) < 4.78 is 0.734. The van der Waals surface area contributed by atoms with Crippen LogP contribution in [0.3, 0.4) is 0 Å². The predicted octanol–water partition coefficient (Wildman–Crippen LogP) is 2.37. The van der Waals surface area contributed by atoms with Crippen molar-refractivity contribution in [2.75, 3.05) is 33.2 Å². The van der Waals surface area contributed by atoms with E-state index in [1.54, 1.807) is 6.07 Å². The van der Waals surface area contributed by atoms with Gasteiger partial charge in [0.15, 0.2) is 0 Å². The molecule has 1 heterocycles. The van der Waals surface area contributed by atoms with Crippen LogP contribution in [0.2, 0.25) is 0 Å². The van der Waals surface area contributed by atoms with Crippen molar-refractivity contribution in [3.63, 3.8) is 0 Å². The first-order valence-corrected chi connectivity index (χ1v) is 9.20. The van der Waals surface area contributed by atoms with E-state index in [-0.39, 0.29) is 11.8 Å². The Balaban J connectivity index is 2.09. The van der Waals surface area contributed by atoms with E-state index in [0.717, 1.165) is 30.7 Å². The van der Waals surface area contributed by atoms with Crippen molar-refractivity contribution in [1.29, 1.82) is 0 Å². The summed E-state index contributed by atoms with van der Waals surface area (Å²) in [4.78, 5) is 29.5. The minimum Gasteiger partial charge on any atom is -0.340 e. The molecule has 2 rings (SSSR count). The fourth-order valence-corrected chi connectivity index (χ4v) is 3.29. The molecular formula is C18H26BrN3O2. The summed E-state index contributed by atoms with van der Waals surface area (Å²) in [6, 6.07) is 6.79. The lowest BCUT2D eigenvalue weighted by molar-refractivity contribution is -0.135. The van der Waals surface area contributed by atoms with Gasteiger partial charge in [-0.1, -0.05) is 26.0 Å². The zero-order valence-corrected chi connectivity index (χ0v) is 16.2. The third-order valence-electron chi connectivity index (χ3n) is 4.24. The summed E-state index contributed by atoms with van der Waals surface area (Å²) in [5.41, 5.74) is 0.553. The van der Waals surface area contributed by atoms with Crippen LogP contribution in [0.5, 0.6) is 0 Å². The molecule has 1 aromatic rings. The number of nitrogens with zero attached hydrogens (tertiary/aromatic N) is 2. The molecule has 6 heteroatoms. The van der Waals surface area contributed by atoms with Gasteiger partial charge in [0.1, 0.15) is 6.04 Å². The van der Waals surface area contributed by atoms with Crippen LogP contribution in [0.4, 0.5) is 0 Å². The Morgan fingerprint density at radius 1 is 1.17 bits per heavy atom. The Morgan fingerprint density at radius 2 is 1.79 bits per heavy atom. The van der Waals surface area contributed by atoms with E-state index in [1.165, 1.54) is 0 Å². The molecule has 0 radical (unpaired) electrons. The predicted molar refractivity (Wildman–Crippen MR) is 98.9 cm³/mol. The number of benzene rings is 1. The Kier molecular flexibility index (Phi) is 6.80. The van der Waals surface area contributed by atoms with Crippen molar-refractivity contribution < 1.29 is 9.59 Å². The monoisotopic (exact) mass is 395 g/mol. The highest BCUT2D eigenvalue weighted by atomic mass is 79.9. The van der Waals surface area contributed by atoms with Crippen LogP contribution in [0.25, 0.3) is 0 Å². The molecule has 1 atom stereocenters. The third kappa shape index (κ3) is 5.05. The van der Waals surface area contributed by atoms with Crippen LogP contribution in [0.1, 0.15) is 30.6 Å². The van der Waals surface area contributed by atoms with Crippen molar-refractivity contribution in [1.82, 2.24) is 15.1 Å². The van der Waals surface area contributed by atoms with Crippen molar-refractivity contribution >= 4 is 27.7 Å². The van der Waals surface area contributed by atoms with Gasteiger partial charge in [-0.15, -0.1) is 0 Å². The van der Waals surface area contributed by atoms with E-state index < -0.39 is 6.04 Å². The number of carbonyl (C=O) groups is 2. The summed E-state index contributed by atoms with van der Waals surface area (Å²) in [5, 5.41) is 2.94. The molecule has 0 saturated carbocycles. The van der Waals surface area contributed by atoms with Crippen LogP contribution in [-0.2, 0) is 4.79 Å². The second-order valence-corrected chi connectivity index (χ2v) is 7.62. The minimum absolute atomic E-state index is 0.0252. The molecule has 5 nitrogen and oxygen atoms in total. The Morgan fingerprint density at radius 3 is 2.38 bits per heavy atom. The average molecular weight is 396 g/mol. The molecule has 0 aromatic heterocycles. The summed E-state index contributed by atoms with van der Waals surface area (Å²) >= 11 is 3.40. The van der Waals surface area contributed by atoms with Gasteiger partial charge >= 0.3 is 0 Å². The molecule has 1 fully saturated rings. The molecule has 1 N–H and O–H groups in total. The van der Waals surface area contributed by atoms with Gasteiger partial charge in [-0.3, -0.25) is 9.59 Å². The average Bonchev–Trinajstić information content (AvgIpc) is 2.54. The summed E-state index contributed by atoms with van der Waals surface area (Å²) in [6.07, 6.45) is 0.640. The molecule has 1 aliphatic heterocycles. The van der Waals surface area contributed by atoms with Crippen LogP contribution < -0.4 is 5.32 Å². The highest BCUT2D eigenvalue weighted by molar-refractivity contribution is 9.10. The number of nitrogens with one attached hydrogen (secondary N) is 1. The Bertz CT molecular complexity index is 583. The molecule has 0 bridgehead atoms. The second kappa shape index (κ2) is 8.62. The maximum Gasteiger partial charge on any atom is 0.253 e. The standard InChI is InChI=1S/C18H26BrN3O2/c1-13(2)12-16(18(24)22-10-8-21(3)9-11-22)20-17(23)14-6-4-5-7-15(14)19/h4-7,13,16H,8-12H2,1-3H3,(H,20,23)/t16-/m1/s1. The van der Waals surface area contributed by atoms with E-state index >= 15 is 0 Å². The second-order valence-electron chi connectivity index (χ2n) is 6.76. The first-order chi connectivity index (χ1) is 11.4. The lowest BCUT2D eigenvalue weighted by Crippen LogP contribution is -2.54. The summed E-state index contributed by atoms with van der Waals surface area (Å²) in [5.74, 6) is 0.138. The lowest BCUT2D eigenvalue weighted by atomic mass is 10.0. The van der Waals surface area contributed by atoms with E-state index in [9.17, 15) is 9.59 Å². The van der Waals surface area contributed by atoms with E-state index in [4.69, 9.17) is 0 Å². The smallest absolute Gasteiger partial charge is 0.253 e. The minimum atomic E-state index is -0.479. The topological polar surface area (TPSA) is 52.7 Å². The normalized spacial score (nSPS) is 17.0. The number of piperazine rings is 1. The SMILES string of the molecule is CC(C)C[C@@H](NC(=O)c1ccccc1Br)C(=O)N1CCN(C)CC1. The van der Waals surface area contributed by atoms with Crippen LogP contribution in [0, 0.1) is 5.92 Å². The maximum absolute atomic E-state index is 12.9. The van der Waals surface area contributed by atoms with Gasteiger partial charge in [0.2, 0.25) is 5.91 Å². The zero-order chi connectivity index (χ0) is 17.7. The van der Waals surface area contributed by atoms with Gasteiger partial charge in [0, 0.05) is 30.7 Å². The number of rotatable bonds is 5. The van der Waals surface area contributed by atoms with Crippen molar-refractivity contribution in [3.8, 4) is 0 Å². The molecule has 24 heavy (non-hydrogen) atoms. The highest BCUT2D eigenvalue weighted by Crippen LogP contribution is 2.17. The largest absolute Gasteiger partial charge is 0.340 e. The number of halogens is 1. The van der Waals surface area contributed by atoms with Crippen LogP contribution in [-0.4, -0.2) is 60.9 Å². The summed E-state index contributed by atoms with van der Waals surface area (Å²) in [7, 11) is 2.06. The molecule has 0 spiro atoms. The van der Waals surface area contributed by atoms with Gasteiger partial charge in [-0.25, -0.2) is 0 Å². The highest BCUT2D eigenvalue weighted by Gasteiger charge is 2.29. The molecule has 1 aliphatic rings. The van der Waals surface area contributed by atoms with Crippen molar-refractivity contribution in [2.45, 2.75) is 26.3 Å². The molecule has 132 valence electrons. The van der Waals surface area contributed by atoms with Gasteiger partial charge in [-0.05, 0) is 47.4 Å². The zero-order valence-electron chi connectivity index (χ0n) is 14.6. The fourth-order valence-electron chi connectivity index (χ4n) is 2.82. The number of likely N-dealkylation sites (N-methyl/N-ethyl adjacent to an activating group) is 1.